The molecular formula is C22H21N5O3S2. The Bertz CT molecular complexity index is 1210. The first-order valence-electron chi connectivity index (χ1n) is 10.5. The summed E-state index contributed by atoms with van der Waals surface area (Å²) in [4.78, 5) is 26.8. The molecule has 0 saturated heterocycles. The number of thiophene rings is 2. The van der Waals surface area contributed by atoms with Crippen molar-refractivity contribution < 1.29 is 9.72 Å². The lowest BCUT2D eigenvalue weighted by molar-refractivity contribution is -0.385. The third kappa shape index (κ3) is 3.59. The number of amides is 1. The minimum atomic E-state index is -0.551. The van der Waals surface area contributed by atoms with Crippen LogP contribution in [0.2, 0.25) is 0 Å². The first-order valence-corrected chi connectivity index (χ1v) is 12.2. The van der Waals surface area contributed by atoms with Crippen LogP contribution in [-0.4, -0.2) is 31.3 Å². The van der Waals surface area contributed by atoms with Crippen molar-refractivity contribution in [2.24, 2.45) is 11.0 Å². The molecule has 1 fully saturated rings. The van der Waals surface area contributed by atoms with Crippen molar-refractivity contribution in [3.8, 4) is 0 Å². The molecule has 3 aromatic heterocycles. The van der Waals surface area contributed by atoms with Gasteiger partial charge in [0.2, 0.25) is 5.69 Å². The number of aryl methyl sites for hydroxylation is 1. The Morgan fingerprint density at radius 3 is 2.81 bits per heavy atom. The third-order valence-electron chi connectivity index (χ3n) is 5.87. The lowest BCUT2D eigenvalue weighted by Gasteiger charge is -2.28. The second-order valence-corrected chi connectivity index (χ2v) is 9.71. The summed E-state index contributed by atoms with van der Waals surface area (Å²) in [6.07, 6.45) is 6.29. The molecule has 2 atom stereocenters. The van der Waals surface area contributed by atoms with Crippen LogP contribution in [0.4, 0.5) is 5.69 Å². The minimum Gasteiger partial charge on any atom is -0.265 e. The summed E-state index contributed by atoms with van der Waals surface area (Å²) in [7, 11) is 0. The topological polar surface area (TPSA) is 93.6 Å². The molecule has 1 aliphatic carbocycles. The van der Waals surface area contributed by atoms with Crippen molar-refractivity contribution in [2.75, 3.05) is 0 Å². The summed E-state index contributed by atoms with van der Waals surface area (Å²) in [5, 5.41) is 26.1. The van der Waals surface area contributed by atoms with Gasteiger partial charge in [-0.1, -0.05) is 12.1 Å². The molecule has 0 bridgehead atoms. The molecule has 1 saturated carbocycles. The zero-order valence-corrected chi connectivity index (χ0v) is 19.0. The summed E-state index contributed by atoms with van der Waals surface area (Å²) < 4.78 is 1.42. The molecule has 164 valence electrons. The first kappa shape index (κ1) is 20.8. The number of hydrogen-bond acceptors (Lipinski definition) is 7. The first-order chi connectivity index (χ1) is 15.6. The molecule has 0 spiro atoms. The van der Waals surface area contributed by atoms with E-state index >= 15 is 0 Å². The van der Waals surface area contributed by atoms with Crippen LogP contribution in [0.3, 0.4) is 0 Å². The molecular weight excluding hydrogens is 446 g/mol. The van der Waals surface area contributed by atoms with Crippen LogP contribution in [0.15, 0.2) is 51.9 Å². The van der Waals surface area contributed by atoms with Gasteiger partial charge in [-0.15, -0.1) is 22.7 Å². The Hall–Kier alpha value is -3.11. The van der Waals surface area contributed by atoms with Crippen LogP contribution in [-0.2, 0) is 6.54 Å². The number of rotatable bonds is 5. The third-order valence-corrected chi connectivity index (χ3v) is 7.63. The number of allylic oxidation sites excluding steroid dienone is 1. The van der Waals surface area contributed by atoms with Gasteiger partial charge in [0.25, 0.3) is 0 Å². The smallest absolute Gasteiger partial charge is 0.265 e. The highest BCUT2D eigenvalue weighted by atomic mass is 32.1. The number of fused-ring (bicyclic) bond motifs is 1. The van der Waals surface area contributed by atoms with Gasteiger partial charge in [-0.05, 0) is 60.7 Å². The number of aromatic nitrogens is 2. The zero-order valence-electron chi connectivity index (χ0n) is 17.4. The van der Waals surface area contributed by atoms with E-state index in [2.05, 4.69) is 17.2 Å². The quantitative estimate of drug-likeness (QED) is 0.372. The average Bonchev–Trinajstić information content (AvgIpc) is 3.58. The van der Waals surface area contributed by atoms with E-state index in [0.717, 1.165) is 40.3 Å². The Kier molecular flexibility index (Phi) is 5.48. The van der Waals surface area contributed by atoms with Gasteiger partial charge in [0.05, 0.1) is 16.7 Å². The highest BCUT2D eigenvalue weighted by molar-refractivity contribution is 7.11. The van der Waals surface area contributed by atoms with E-state index in [-0.39, 0.29) is 23.3 Å². The Morgan fingerprint density at radius 1 is 1.31 bits per heavy atom. The van der Waals surface area contributed by atoms with Crippen LogP contribution >= 0.6 is 22.7 Å². The molecule has 0 unspecified atom stereocenters. The average molecular weight is 468 g/mol. The van der Waals surface area contributed by atoms with Gasteiger partial charge in [0.1, 0.15) is 6.20 Å². The number of nitro groups is 1. The number of hydrogen-bond donors (Lipinski definition) is 0. The fourth-order valence-electron chi connectivity index (χ4n) is 4.42. The fourth-order valence-corrected chi connectivity index (χ4v) is 5.98. The van der Waals surface area contributed by atoms with Crippen LogP contribution < -0.4 is 0 Å². The van der Waals surface area contributed by atoms with Crippen molar-refractivity contribution >= 4 is 46.1 Å². The maximum Gasteiger partial charge on any atom is 0.320 e. The Labute approximate surface area is 192 Å². The van der Waals surface area contributed by atoms with Crippen LogP contribution in [0.25, 0.3) is 6.08 Å². The second kappa shape index (κ2) is 8.44. The summed E-state index contributed by atoms with van der Waals surface area (Å²) in [5.41, 5.74) is 1.60. The molecule has 8 nitrogen and oxygen atoms in total. The predicted octanol–water partition coefficient (Wildman–Crippen LogP) is 5.37. The lowest BCUT2D eigenvalue weighted by atomic mass is 9.79. The summed E-state index contributed by atoms with van der Waals surface area (Å²) in [6.45, 7) is 2.26. The molecule has 1 amide bonds. The van der Waals surface area contributed by atoms with Gasteiger partial charge in [-0.3, -0.25) is 19.6 Å². The molecule has 1 aliphatic heterocycles. The number of hydrazone groups is 1. The van der Waals surface area contributed by atoms with Gasteiger partial charge in [0.15, 0.2) is 0 Å². The van der Waals surface area contributed by atoms with Crippen molar-refractivity contribution in [3.63, 3.8) is 0 Å². The fraction of sp³-hybridized carbons (Fsp3) is 0.318. The van der Waals surface area contributed by atoms with Crippen LogP contribution in [0, 0.1) is 16.0 Å². The minimum absolute atomic E-state index is 0.0601. The normalized spacial score (nSPS) is 21.6. The molecule has 32 heavy (non-hydrogen) atoms. The van der Waals surface area contributed by atoms with Gasteiger partial charge in [0, 0.05) is 22.2 Å². The summed E-state index contributed by atoms with van der Waals surface area (Å²) >= 11 is 3.24. The van der Waals surface area contributed by atoms with Crippen molar-refractivity contribution in [3.05, 3.63) is 72.4 Å². The van der Waals surface area contributed by atoms with Crippen molar-refractivity contribution in [2.45, 2.75) is 38.8 Å². The van der Waals surface area contributed by atoms with E-state index in [0.29, 0.717) is 6.54 Å². The van der Waals surface area contributed by atoms with E-state index in [9.17, 15) is 14.9 Å². The molecule has 4 heterocycles. The van der Waals surface area contributed by atoms with Gasteiger partial charge in [-0.2, -0.15) is 10.2 Å². The molecule has 10 heteroatoms. The zero-order chi connectivity index (χ0) is 22.2. The maximum atomic E-state index is 13.6. The number of carbonyl (C=O) groups is 1. The van der Waals surface area contributed by atoms with Gasteiger partial charge in [-0.25, -0.2) is 5.01 Å². The molecule has 3 aromatic rings. The highest BCUT2D eigenvalue weighted by Crippen LogP contribution is 2.46. The molecule has 0 N–H and O–H groups in total. The van der Waals surface area contributed by atoms with E-state index < -0.39 is 10.8 Å². The van der Waals surface area contributed by atoms with Gasteiger partial charge >= 0.3 is 11.6 Å². The number of nitrogens with zero attached hydrogens (tertiary/aromatic N) is 5. The molecule has 5 rings (SSSR count). The highest BCUT2D eigenvalue weighted by Gasteiger charge is 2.46. The lowest BCUT2D eigenvalue weighted by Crippen LogP contribution is -2.32. The van der Waals surface area contributed by atoms with Crippen molar-refractivity contribution in [1.29, 1.82) is 0 Å². The molecule has 2 aliphatic rings. The van der Waals surface area contributed by atoms with Crippen LogP contribution in [0.1, 0.15) is 52.5 Å². The Morgan fingerprint density at radius 2 is 2.12 bits per heavy atom. The maximum absolute atomic E-state index is 13.6. The number of carbonyl (C=O) groups excluding carboxylic acids is 1. The van der Waals surface area contributed by atoms with Crippen molar-refractivity contribution in [1.82, 2.24) is 14.8 Å². The molecule has 0 aromatic carbocycles. The summed E-state index contributed by atoms with van der Waals surface area (Å²) in [6, 6.07) is 7.76. The predicted molar refractivity (Wildman–Crippen MR) is 125 cm³/mol. The molecule has 0 radical (unpaired) electrons. The Balaban J connectivity index is 1.59. The van der Waals surface area contributed by atoms with E-state index in [1.54, 1.807) is 22.7 Å². The second-order valence-electron chi connectivity index (χ2n) is 7.75. The van der Waals surface area contributed by atoms with Gasteiger partial charge < -0.3 is 0 Å². The largest absolute Gasteiger partial charge is 0.320 e. The monoisotopic (exact) mass is 467 g/mol. The van der Waals surface area contributed by atoms with E-state index in [1.807, 2.05) is 35.9 Å². The SMILES string of the molecule is CCn1cc([N+](=O)[O-])c(C(=O)N2N=C3/C(=C/c4cccs4)CCC[C@@H]3[C@H]2c2cccs2)n1. The summed E-state index contributed by atoms with van der Waals surface area (Å²) in [5.74, 6) is -0.468. The van der Waals surface area contributed by atoms with E-state index in [1.165, 1.54) is 15.9 Å². The van der Waals surface area contributed by atoms with Crippen LogP contribution in [0.5, 0.6) is 0 Å². The standard InChI is InChI=1S/C22H21N5O3S2/c1-2-25-13-17(27(29)30)20(23-25)22(28)26-21(18-9-5-11-32-18)16-8-3-6-14(19(16)24-26)12-15-7-4-10-31-15/h4-5,7,9-13,16,21H,2-3,6,8H2,1H3/b14-12+/t16-,21-/m0/s1. The van der Waals surface area contributed by atoms with E-state index in [4.69, 9.17) is 5.10 Å².